The van der Waals surface area contributed by atoms with Gasteiger partial charge in [-0.15, -0.1) is 0 Å². The molecule has 0 bridgehead atoms. The van der Waals surface area contributed by atoms with E-state index in [2.05, 4.69) is 10.3 Å². The molecule has 0 radical (unpaired) electrons. The van der Waals surface area contributed by atoms with Gasteiger partial charge in [0.25, 0.3) is 0 Å². The van der Waals surface area contributed by atoms with Crippen molar-refractivity contribution in [3.8, 4) is 0 Å². The summed E-state index contributed by atoms with van der Waals surface area (Å²) < 4.78 is 0. The van der Waals surface area contributed by atoms with Gasteiger partial charge in [0.2, 0.25) is 5.91 Å². The van der Waals surface area contributed by atoms with E-state index < -0.39 is 23.4 Å². The number of nitrogens with zero attached hydrogens (tertiary/aromatic N) is 2. The minimum atomic E-state index is -1.33. The predicted octanol–water partition coefficient (Wildman–Crippen LogP) is 4.94. The van der Waals surface area contributed by atoms with Crippen molar-refractivity contribution >= 4 is 34.9 Å². The van der Waals surface area contributed by atoms with Gasteiger partial charge in [-0.2, -0.15) is 0 Å². The van der Waals surface area contributed by atoms with Crippen LogP contribution in [0.25, 0.3) is 6.08 Å². The molecule has 1 N–H and O–H groups in total. The third-order valence-corrected chi connectivity index (χ3v) is 8.07. The largest absolute Gasteiger partial charge is 0.352 e. The highest BCUT2D eigenvalue weighted by Gasteiger charge is 2.70. The summed E-state index contributed by atoms with van der Waals surface area (Å²) in [5, 5.41) is 3.04. The zero-order chi connectivity index (χ0) is 25.9. The minimum absolute atomic E-state index is 0.205. The average Bonchev–Trinajstić information content (AvgIpc) is 3.45. The number of anilines is 2. The molecule has 4 atom stereocenters. The van der Waals surface area contributed by atoms with Crippen molar-refractivity contribution in [2.24, 2.45) is 5.92 Å². The lowest BCUT2D eigenvalue weighted by molar-refractivity contribution is -0.121. The highest BCUT2D eigenvalue weighted by molar-refractivity contribution is 6.18. The SMILES string of the molecule is O=C(c1ccccc1)[C@@H]1[C@H](C(=O)c2ccccn2)[C@@]2(C(=O)Nc3ccccc32)[C@H]2C=Cc3ccccc3N12. The van der Waals surface area contributed by atoms with E-state index in [0.29, 0.717) is 11.3 Å². The van der Waals surface area contributed by atoms with E-state index in [1.54, 1.807) is 36.5 Å². The molecule has 7 rings (SSSR count). The Labute approximate surface area is 219 Å². The van der Waals surface area contributed by atoms with Gasteiger partial charge in [0, 0.05) is 23.1 Å². The van der Waals surface area contributed by atoms with E-state index in [0.717, 1.165) is 16.8 Å². The maximum atomic E-state index is 14.5. The summed E-state index contributed by atoms with van der Waals surface area (Å²) in [5.74, 6) is -1.83. The van der Waals surface area contributed by atoms with Crippen molar-refractivity contribution in [1.82, 2.24) is 4.98 Å². The molecule has 1 fully saturated rings. The molecule has 1 amide bonds. The van der Waals surface area contributed by atoms with E-state index in [1.165, 1.54) is 0 Å². The number of amides is 1. The molecule has 3 aliphatic heterocycles. The minimum Gasteiger partial charge on any atom is -0.352 e. The van der Waals surface area contributed by atoms with Gasteiger partial charge in [0.05, 0.1) is 12.0 Å². The van der Waals surface area contributed by atoms with Crippen LogP contribution in [-0.4, -0.2) is 34.5 Å². The van der Waals surface area contributed by atoms with E-state index >= 15 is 0 Å². The molecule has 3 aliphatic rings. The Balaban J connectivity index is 1.55. The first-order valence-electron chi connectivity index (χ1n) is 12.6. The molecular formula is C32H23N3O3. The third kappa shape index (κ3) is 2.94. The molecule has 3 aromatic carbocycles. The van der Waals surface area contributed by atoms with Crippen LogP contribution in [0.5, 0.6) is 0 Å². The van der Waals surface area contributed by atoms with Gasteiger partial charge in [0.1, 0.15) is 17.2 Å². The van der Waals surface area contributed by atoms with Gasteiger partial charge in [-0.25, -0.2) is 0 Å². The quantitative estimate of drug-likeness (QED) is 0.404. The highest BCUT2D eigenvalue weighted by atomic mass is 16.2. The fourth-order valence-electron chi connectivity index (χ4n) is 6.56. The third-order valence-electron chi connectivity index (χ3n) is 8.07. The Kier molecular flexibility index (Phi) is 4.91. The van der Waals surface area contributed by atoms with Gasteiger partial charge in [-0.05, 0) is 35.4 Å². The zero-order valence-corrected chi connectivity index (χ0v) is 20.3. The Bertz CT molecular complexity index is 1630. The second kappa shape index (κ2) is 8.35. The van der Waals surface area contributed by atoms with Crippen LogP contribution < -0.4 is 10.2 Å². The Hall–Kier alpha value is -4.84. The molecule has 184 valence electrons. The molecule has 0 saturated carbocycles. The van der Waals surface area contributed by atoms with E-state index in [1.807, 2.05) is 83.8 Å². The van der Waals surface area contributed by atoms with Gasteiger partial charge in [0.15, 0.2) is 11.6 Å². The van der Waals surface area contributed by atoms with E-state index in [9.17, 15) is 14.4 Å². The van der Waals surface area contributed by atoms with Crippen LogP contribution in [0.15, 0.2) is 109 Å². The molecule has 6 heteroatoms. The van der Waals surface area contributed by atoms with Crippen molar-refractivity contribution < 1.29 is 14.4 Å². The summed E-state index contributed by atoms with van der Waals surface area (Å²) in [5.41, 5.74) is 2.54. The van der Waals surface area contributed by atoms with Crippen LogP contribution in [-0.2, 0) is 10.2 Å². The highest BCUT2D eigenvalue weighted by Crippen LogP contribution is 2.58. The standard InChI is InChI=1S/C32H23N3O3/c36-29(21-11-2-1-3-12-21)28-27(30(37)24-15-8-9-19-33-24)32(22-13-5-6-14-23(22)34-31(32)38)26-18-17-20-10-4-7-16-25(20)35(26)28/h1-19,26-28H,(H,34,38)/t26-,27-,28+,32+/m1/s1. The summed E-state index contributed by atoms with van der Waals surface area (Å²) in [6.07, 6.45) is 5.53. The van der Waals surface area contributed by atoms with Crippen molar-refractivity contribution in [2.75, 3.05) is 10.2 Å². The van der Waals surface area contributed by atoms with E-state index in [-0.39, 0.29) is 23.2 Å². The van der Waals surface area contributed by atoms with Gasteiger partial charge < -0.3 is 10.2 Å². The molecule has 38 heavy (non-hydrogen) atoms. The number of carbonyl (C=O) groups excluding carboxylic acids is 3. The predicted molar refractivity (Wildman–Crippen MR) is 145 cm³/mol. The maximum absolute atomic E-state index is 14.5. The number of aromatic nitrogens is 1. The van der Waals surface area contributed by atoms with Crippen LogP contribution in [0.4, 0.5) is 11.4 Å². The number of ketones is 2. The van der Waals surface area contributed by atoms with Crippen LogP contribution in [0.2, 0.25) is 0 Å². The number of nitrogens with one attached hydrogen (secondary N) is 1. The van der Waals surface area contributed by atoms with Crippen molar-refractivity contribution in [1.29, 1.82) is 0 Å². The van der Waals surface area contributed by atoms with Gasteiger partial charge in [-0.1, -0.05) is 84.9 Å². The average molecular weight is 498 g/mol. The van der Waals surface area contributed by atoms with Crippen molar-refractivity contribution in [3.05, 3.63) is 132 Å². The Morgan fingerprint density at radius 3 is 2.37 bits per heavy atom. The van der Waals surface area contributed by atoms with Crippen molar-refractivity contribution in [3.63, 3.8) is 0 Å². The maximum Gasteiger partial charge on any atom is 0.238 e. The normalized spacial score (nSPS) is 24.5. The second-order valence-corrected chi connectivity index (χ2v) is 9.87. The molecule has 0 unspecified atom stereocenters. The van der Waals surface area contributed by atoms with E-state index in [4.69, 9.17) is 0 Å². The topological polar surface area (TPSA) is 79.4 Å². The number of hydrogen-bond acceptors (Lipinski definition) is 5. The first-order valence-corrected chi connectivity index (χ1v) is 12.6. The molecule has 4 heterocycles. The Morgan fingerprint density at radius 1 is 0.816 bits per heavy atom. The fourth-order valence-corrected chi connectivity index (χ4v) is 6.56. The molecule has 1 spiro atoms. The number of Topliss-reactive ketones (excluding diaryl/α,β-unsaturated/α-hetero) is 2. The number of benzene rings is 3. The second-order valence-electron chi connectivity index (χ2n) is 9.87. The molecule has 6 nitrogen and oxygen atoms in total. The summed E-state index contributed by atoms with van der Waals surface area (Å²) in [6.45, 7) is 0. The molecular weight excluding hydrogens is 474 g/mol. The number of rotatable bonds is 4. The monoisotopic (exact) mass is 497 g/mol. The summed E-state index contributed by atoms with van der Waals surface area (Å²) in [6, 6.07) is 27.9. The summed E-state index contributed by atoms with van der Waals surface area (Å²) >= 11 is 0. The summed E-state index contributed by atoms with van der Waals surface area (Å²) in [4.78, 5) is 49.5. The zero-order valence-electron chi connectivity index (χ0n) is 20.3. The van der Waals surface area contributed by atoms with Gasteiger partial charge in [-0.3, -0.25) is 19.4 Å². The molecule has 1 aromatic heterocycles. The molecule has 4 aromatic rings. The first kappa shape index (κ1) is 22.4. The van der Waals surface area contributed by atoms with Crippen molar-refractivity contribution in [2.45, 2.75) is 17.5 Å². The van der Waals surface area contributed by atoms with Crippen LogP contribution >= 0.6 is 0 Å². The first-order chi connectivity index (χ1) is 18.6. The fraction of sp³-hybridized carbons (Fsp3) is 0.125. The summed E-state index contributed by atoms with van der Waals surface area (Å²) in [7, 11) is 0. The number of carbonyl (C=O) groups is 3. The van der Waals surface area contributed by atoms with Gasteiger partial charge >= 0.3 is 0 Å². The molecule has 1 saturated heterocycles. The molecule has 0 aliphatic carbocycles. The smallest absolute Gasteiger partial charge is 0.238 e. The lowest BCUT2D eigenvalue weighted by atomic mass is 9.64. The lowest BCUT2D eigenvalue weighted by Gasteiger charge is -2.37. The number of para-hydroxylation sites is 2. The lowest BCUT2D eigenvalue weighted by Crippen LogP contribution is -2.51. The van der Waals surface area contributed by atoms with Crippen LogP contribution in [0, 0.1) is 5.92 Å². The number of fused-ring (bicyclic) bond motifs is 6. The van der Waals surface area contributed by atoms with Crippen LogP contribution in [0.3, 0.4) is 0 Å². The Morgan fingerprint density at radius 2 is 1.55 bits per heavy atom. The van der Waals surface area contributed by atoms with Crippen LogP contribution in [0.1, 0.15) is 32.0 Å². The number of pyridine rings is 1. The number of hydrogen-bond donors (Lipinski definition) is 1.